The van der Waals surface area contributed by atoms with Crippen molar-refractivity contribution in [1.82, 2.24) is 0 Å². The lowest BCUT2D eigenvalue weighted by Crippen LogP contribution is -2.23. The molecule has 0 atom stereocenters. The molecule has 0 fully saturated rings. The minimum absolute atomic E-state index is 0.435. The fraction of sp³-hybridized carbons (Fsp3) is 1.00. The van der Waals surface area contributed by atoms with Crippen molar-refractivity contribution < 1.29 is 13.6 Å². The van der Waals surface area contributed by atoms with Crippen molar-refractivity contribution >= 4 is 7.60 Å². The maximum Gasteiger partial charge on any atom is 0.328 e. The SMILES string of the molecule is CC(C)(C)OP(C)(=O)OC(C)(C)C. The van der Waals surface area contributed by atoms with Gasteiger partial charge >= 0.3 is 7.60 Å². The van der Waals surface area contributed by atoms with Crippen molar-refractivity contribution in [3.8, 4) is 0 Å². The molecule has 0 aliphatic heterocycles. The normalized spacial score (nSPS) is 14.7. The molecule has 13 heavy (non-hydrogen) atoms. The van der Waals surface area contributed by atoms with Gasteiger partial charge in [-0.15, -0.1) is 0 Å². The largest absolute Gasteiger partial charge is 0.328 e. The Morgan fingerprint density at radius 3 is 1.23 bits per heavy atom. The van der Waals surface area contributed by atoms with Crippen molar-refractivity contribution in [3.63, 3.8) is 0 Å². The molecular formula is C9H21O3P. The lowest BCUT2D eigenvalue weighted by Gasteiger charge is -2.29. The first-order chi connectivity index (χ1) is 5.41. The Morgan fingerprint density at radius 2 is 1.08 bits per heavy atom. The van der Waals surface area contributed by atoms with Gasteiger partial charge in [0, 0.05) is 6.66 Å². The van der Waals surface area contributed by atoms with E-state index in [1.807, 2.05) is 41.5 Å². The van der Waals surface area contributed by atoms with Crippen molar-refractivity contribution in [3.05, 3.63) is 0 Å². The average Bonchev–Trinajstić information content (AvgIpc) is 1.43. The van der Waals surface area contributed by atoms with Gasteiger partial charge in [-0.1, -0.05) is 0 Å². The minimum Gasteiger partial charge on any atom is -0.303 e. The summed E-state index contributed by atoms with van der Waals surface area (Å²) in [6.45, 7) is 12.6. The smallest absolute Gasteiger partial charge is 0.303 e. The summed E-state index contributed by atoms with van der Waals surface area (Å²) in [7, 11) is -2.94. The Hall–Kier alpha value is 0.150. The van der Waals surface area contributed by atoms with E-state index in [0.29, 0.717) is 0 Å². The summed E-state index contributed by atoms with van der Waals surface area (Å²) < 4.78 is 22.5. The summed E-state index contributed by atoms with van der Waals surface area (Å²) in [6, 6.07) is 0. The van der Waals surface area contributed by atoms with Crippen molar-refractivity contribution in [2.45, 2.75) is 52.7 Å². The molecule has 0 radical (unpaired) electrons. The third kappa shape index (κ3) is 8.48. The quantitative estimate of drug-likeness (QED) is 0.652. The van der Waals surface area contributed by atoms with Gasteiger partial charge in [0.25, 0.3) is 0 Å². The Balaban J connectivity index is 4.35. The van der Waals surface area contributed by atoms with Gasteiger partial charge in [0.2, 0.25) is 0 Å². The second-order valence-electron chi connectivity index (χ2n) is 5.18. The van der Waals surface area contributed by atoms with Crippen molar-refractivity contribution in [1.29, 1.82) is 0 Å². The predicted molar refractivity (Wildman–Crippen MR) is 55.2 cm³/mol. The molecule has 0 bridgehead atoms. The van der Waals surface area contributed by atoms with Gasteiger partial charge in [-0.2, -0.15) is 0 Å². The Labute approximate surface area is 81.3 Å². The molecule has 0 aliphatic carbocycles. The zero-order chi connectivity index (χ0) is 10.9. The molecule has 0 rings (SSSR count). The highest BCUT2D eigenvalue weighted by atomic mass is 31.2. The van der Waals surface area contributed by atoms with Gasteiger partial charge in [-0.25, -0.2) is 0 Å². The molecule has 0 N–H and O–H groups in total. The maximum atomic E-state index is 11.8. The lowest BCUT2D eigenvalue weighted by atomic mass is 10.2. The van der Waals surface area contributed by atoms with Crippen LogP contribution in [0, 0.1) is 0 Å². The van der Waals surface area contributed by atoms with Crippen LogP contribution in [-0.2, 0) is 13.6 Å². The van der Waals surface area contributed by atoms with Crippen LogP contribution in [0.4, 0.5) is 0 Å². The van der Waals surface area contributed by atoms with Crippen LogP contribution in [-0.4, -0.2) is 17.9 Å². The standard InChI is InChI=1S/C9H21O3P/c1-8(2,3)11-13(7,10)12-9(4,5)6/h1-7H3. The molecule has 80 valence electrons. The minimum atomic E-state index is -2.94. The molecule has 0 amide bonds. The van der Waals surface area contributed by atoms with Crippen molar-refractivity contribution in [2.24, 2.45) is 0 Å². The monoisotopic (exact) mass is 208 g/mol. The van der Waals surface area contributed by atoms with E-state index < -0.39 is 18.8 Å². The molecule has 0 aliphatic rings. The number of hydrogen-bond acceptors (Lipinski definition) is 3. The number of rotatable bonds is 2. The van der Waals surface area contributed by atoms with Crippen LogP contribution < -0.4 is 0 Å². The van der Waals surface area contributed by atoms with E-state index in [0.717, 1.165) is 0 Å². The highest BCUT2D eigenvalue weighted by Crippen LogP contribution is 2.50. The summed E-state index contributed by atoms with van der Waals surface area (Å²) in [5.74, 6) is 0. The van der Waals surface area contributed by atoms with Crippen LogP contribution in [0.2, 0.25) is 0 Å². The zero-order valence-corrected chi connectivity index (χ0v) is 10.6. The summed E-state index contributed by atoms with van der Waals surface area (Å²) >= 11 is 0. The summed E-state index contributed by atoms with van der Waals surface area (Å²) in [5, 5.41) is 0. The molecule has 0 aromatic carbocycles. The van der Waals surface area contributed by atoms with E-state index in [2.05, 4.69) is 0 Å². The molecule has 0 saturated carbocycles. The van der Waals surface area contributed by atoms with Crippen LogP contribution in [0.5, 0.6) is 0 Å². The second kappa shape index (κ2) is 3.72. The first-order valence-electron chi connectivity index (χ1n) is 4.40. The van der Waals surface area contributed by atoms with Crippen molar-refractivity contribution in [2.75, 3.05) is 6.66 Å². The van der Waals surface area contributed by atoms with Gasteiger partial charge < -0.3 is 9.05 Å². The van der Waals surface area contributed by atoms with Crippen LogP contribution in [0.15, 0.2) is 0 Å². The first-order valence-corrected chi connectivity index (χ1v) is 6.39. The third-order valence-corrected chi connectivity index (χ3v) is 2.64. The fourth-order valence-electron chi connectivity index (χ4n) is 1.01. The maximum absolute atomic E-state index is 11.8. The van der Waals surface area contributed by atoms with E-state index >= 15 is 0 Å². The Kier molecular flexibility index (Phi) is 3.76. The highest BCUT2D eigenvalue weighted by molar-refractivity contribution is 7.53. The summed E-state index contributed by atoms with van der Waals surface area (Å²) in [4.78, 5) is 0. The molecule has 0 aromatic heterocycles. The van der Waals surface area contributed by atoms with Crippen LogP contribution in [0.3, 0.4) is 0 Å². The first kappa shape index (κ1) is 13.2. The highest BCUT2D eigenvalue weighted by Gasteiger charge is 2.30. The zero-order valence-electron chi connectivity index (χ0n) is 9.67. The topological polar surface area (TPSA) is 35.5 Å². The molecular weight excluding hydrogens is 187 g/mol. The van der Waals surface area contributed by atoms with E-state index in [4.69, 9.17) is 9.05 Å². The molecule has 0 heterocycles. The molecule has 0 aromatic rings. The van der Waals surface area contributed by atoms with Gasteiger partial charge in [-0.05, 0) is 41.5 Å². The third-order valence-electron chi connectivity index (χ3n) is 0.879. The van der Waals surface area contributed by atoms with E-state index in [1.54, 1.807) is 0 Å². The van der Waals surface area contributed by atoms with E-state index in [-0.39, 0.29) is 0 Å². The number of hydrogen-bond donors (Lipinski definition) is 0. The fourth-order valence-corrected chi connectivity index (χ4v) is 3.04. The van der Waals surface area contributed by atoms with E-state index in [9.17, 15) is 4.57 Å². The summed E-state index contributed by atoms with van der Waals surface area (Å²) in [6.07, 6.45) is 0. The predicted octanol–water partition coefficient (Wildman–Crippen LogP) is 3.44. The average molecular weight is 208 g/mol. The lowest BCUT2D eigenvalue weighted by molar-refractivity contribution is 0.0520. The van der Waals surface area contributed by atoms with Gasteiger partial charge in [-0.3, -0.25) is 4.57 Å². The van der Waals surface area contributed by atoms with E-state index in [1.165, 1.54) is 6.66 Å². The van der Waals surface area contributed by atoms with Crippen LogP contribution >= 0.6 is 7.60 Å². The van der Waals surface area contributed by atoms with Gasteiger partial charge in [0.05, 0.1) is 11.2 Å². The Morgan fingerprint density at radius 1 is 0.846 bits per heavy atom. The molecule has 4 heteroatoms. The van der Waals surface area contributed by atoms with Crippen LogP contribution in [0.25, 0.3) is 0 Å². The molecule has 0 unspecified atom stereocenters. The van der Waals surface area contributed by atoms with Gasteiger partial charge in [0.1, 0.15) is 0 Å². The molecule has 0 spiro atoms. The Bertz CT molecular complexity index is 190. The van der Waals surface area contributed by atoms with Gasteiger partial charge in [0.15, 0.2) is 0 Å². The summed E-state index contributed by atoms with van der Waals surface area (Å²) in [5.41, 5.74) is -0.870. The second-order valence-corrected chi connectivity index (χ2v) is 7.09. The van der Waals surface area contributed by atoms with Crippen LogP contribution in [0.1, 0.15) is 41.5 Å². The molecule has 0 saturated heterocycles. The molecule has 3 nitrogen and oxygen atoms in total.